The minimum absolute atomic E-state index is 0.250. The zero-order valence-electron chi connectivity index (χ0n) is 22.4. The SMILES string of the molecule is CC(N)c1nnc(-c2cc(C(=O)NC(C)c3ccc(F)cc3)cc(N(C)S(C)(=O)=O)c2)s1.Cc1ccccc1. The molecule has 0 fully saturated rings. The molecular formula is C28H32FN5O3S2. The Morgan fingerprint density at radius 3 is 2.18 bits per heavy atom. The van der Waals surface area contributed by atoms with Crippen molar-refractivity contribution < 1.29 is 17.6 Å². The zero-order valence-corrected chi connectivity index (χ0v) is 24.1. The Balaban J connectivity index is 0.000000520. The predicted octanol–water partition coefficient (Wildman–Crippen LogP) is 5.25. The van der Waals surface area contributed by atoms with Crippen molar-refractivity contribution in [1.29, 1.82) is 0 Å². The van der Waals surface area contributed by atoms with Crippen LogP contribution in [0.3, 0.4) is 0 Å². The highest BCUT2D eigenvalue weighted by Crippen LogP contribution is 2.31. The van der Waals surface area contributed by atoms with E-state index >= 15 is 0 Å². The molecular weight excluding hydrogens is 537 g/mol. The van der Waals surface area contributed by atoms with Crippen molar-refractivity contribution in [1.82, 2.24) is 15.5 Å². The number of rotatable bonds is 7. The Labute approximate surface area is 232 Å². The summed E-state index contributed by atoms with van der Waals surface area (Å²) in [5.41, 5.74) is 9.02. The summed E-state index contributed by atoms with van der Waals surface area (Å²) in [6.07, 6.45) is 1.08. The summed E-state index contributed by atoms with van der Waals surface area (Å²) in [7, 11) is -2.15. The van der Waals surface area contributed by atoms with E-state index in [0.717, 1.165) is 16.1 Å². The maximum atomic E-state index is 13.2. The summed E-state index contributed by atoms with van der Waals surface area (Å²) in [5.74, 6) is -0.777. The third kappa shape index (κ3) is 8.41. The fourth-order valence-corrected chi connectivity index (χ4v) is 4.69. The van der Waals surface area contributed by atoms with Crippen molar-refractivity contribution in [3.63, 3.8) is 0 Å². The van der Waals surface area contributed by atoms with Crippen LogP contribution in [-0.2, 0) is 10.0 Å². The standard InChI is InChI=1S/C21H24FN5O3S2.C7H8/c1-12(23)20-25-26-21(31-20)16-9-15(10-18(11-16)27(3)32(4,29)30)19(28)24-13(2)14-5-7-17(22)8-6-14;1-7-5-3-2-4-6-7/h5-13H,23H2,1-4H3,(H,24,28);2-6H,1H3. The lowest BCUT2D eigenvalue weighted by atomic mass is 10.1. The number of aromatic nitrogens is 2. The molecule has 0 spiro atoms. The van der Waals surface area contributed by atoms with E-state index in [2.05, 4.69) is 34.6 Å². The number of benzene rings is 3. The molecule has 2 atom stereocenters. The molecule has 0 aliphatic heterocycles. The van der Waals surface area contributed by atoms with Crippen molar-refractivity contribution in [2.45, 2.75) is 32.9 Å². The number of nitrogens with two attached hydrogens (primary N) is 1. The van der Waals surface area contributed by atoms with Gasteiger partial charge in [0.15, 0.2) is 0 Å². The van der Waals surface area contributed by atoms with Gasteiger partial charge in [0.1, 0.15) is 15.8 Å². The van der Waals surface area contributed by atoms with E-state index in [1.54, 1.807) is 38.1 Å². The molecule has 4 rings (SSSR count). The van der Waals surface area contributed by atoms with E-state index in [-0.39, 0.29) is 17.4 Å². The van der Waals surface area contributed by atoms with Crippen LogP contribution >= 0.6 is 11.3 Å². The fraction of sp³-hybridized carbons (Fsp3) is 0.250. The number of nitrogens with one attached hydrogen (secondary N) is 1. The molecule has 1 amide bonds. The lowest BCUT2D eigenvalue weighted by Crippen LogP contribution is -2.28. The first kappa shape index (κ1) is 29.9. The Morgan fingerprint density at radius 1 is 1.03 bits per heavy atom. The Bertz CT molecular complexity index is 1510. The van der Waals surface area contributed by atoms with E-state index in [1.165, 1.54) is 42.1 Å². The lowest BCUT2D eigenvalue weighted by Gasteiger charge is -2.19. The second kappa shape index (κ2) is 12.9. The molecule has 0 radical (unpaired) electrons. The fourth-order valence-electron chi connectivity index (χ4n) is 3.42. The largest absolute Gasteiger partial charge is 0.346 e. The van der Waals surface area contributed by atoms with Gasteiger partial charge < -0.3 is 11.1 Å². The van der Waals surface area contributed by atoms with Crippen LogP contribution < -0.4 is 15.4 Å². The van der Waals surface area contributed by atoms with Gasteiger partial charge in [0.05, 0.1) is 24.0 Å². The van der Waals surface area contributed by atoms with Gasteiger partial charge in [0.25, 0.3) is 5.91 Å². The highest BCUT2D eigenvalue weighted by molar-refractivity contribution is 7.92. The number of nitrogens with zero attached hydrogens (tertiary/aromatic N) is 3. The number of halogens is 1. The molecule has 3 aromatic carbocycles. The monoisotopic (exact) mass is 569 g/mol. The molecule has 3 N–H and O–H groups in total. The summed E-state index contributed by atoms with van der Waals surface area (Å²) in [5, 5.41) is 12.2. The van der Waals surface area contributed by atoms with Gasteiger partial charge >= 0.3 is 0 Å². The van der Waals surface area contributed by atoms with Gasteiger partial charge in [-0.2, -0.15) is 0 Å². The van der Waals surface area contributed by atoms with Crippen molar-refractivity contribution in [3.8, 4) is 10.6 Å². The summed E-state index contributed by atoms with van der Waals surface area (Å²) in [6.45, 7) is 5.64. The van der Waals surface area contributed by atoms with Crippen molar-refractivity contribution in [2.24, 2.45) is 5.73 Å². The van der Waals surface area contributed by atoms with Crippen LogP contribution in [0.4, 0.5) is 10.1 Å². The highest BCUT2D eigenvalue weighted by Gasteiger charge is 2.20. The maximum Gasteiger partial charge on any atom is 0.251 e. The maximum absolute atomic E-state index is 13.2. The molecule has 0 saturated carbocycles. The van der Waals surface area contributed by atoms with Crippen LogP contribution in [0, 0.1) is 12.7 Å². The Kier molecular flexibility index (Phi) is 9.90. The van der Waals surface area contributed by atoms with Crippen LogP contribution in [0.2, 0.25) is 0 Å². The molecule has 206 valence electrons. The number of aryl methyl sites for hydroxylation is 1. The number of amides is 1. The van der Waals surface area contributed by atoms with Crippen LogP contribution in [0.25, 0.3) is 10.6 Å². The molecule has 39 heavy (non-hydrogen) atoms. The molecule has 0 saturated heterocycles. The second-order valence-corrected chi connectivity index (χ2v) is 12.2. The highest BCUT2D eigenvalue weighted by atomic mass is 32.2. The summed E-state index contributed by atoms with van der Waals surface area (Å²) >= 11 is 1.27. The first-order chi connectivity index (χ1) is 18.3. The average molecular weight is 570 g/mol. The molecule has 0 bridgehead atoms. The summed E-state index contributed by atoms with van der Waals surface area (Å²) in [6, 6.07) is 20.1. The van der Waals surface area contributed by atoms with E-state index < -0.39 is 22.0 Å². The van der Waals surface area contributed by atoms with Gasteiger partial charge in [-0.05, 0) is 56.7 Å². The van der Waals surface area contributed by atoms with Gasteiger partial charge in [-0.1, -0.05) is 59.4 Å². The van der Waals surface area contributed by atoms with Crippen LogP contribution in [0.1, 0.15) is 52.4 Å². The second-order valence-electron chi connectivity index (χ2n) is 9.13. The lowest BCUT2D eigenvalue weighted by molar-refractivity contribution is 0.0940. The first-order valence-corrected chi connectivity index (χ1v) is 14.8. The summed E-state index contributed by atoms with van der Waals surface area (Å²) < 4.78 is 38.5. The number of carbonyl (C=O) groups is 1. The smallest absolute Gasteiger partial charge is 0.251 e. The van der Waals surface area contributed by atoms with E-state index in [1.807, 2.05) is 18.2 Å². The third-order valence-electron chi connectivity index (χ3n) is 5.78. The van der Waals surface area contributed by atoms with Gasteiger partial charge in [-0.15, -0.1) is 10.2 Å². The number of carbonyl (C=O) groups excluding carboxylic acids is 1. The minimum atomic E-state index is -3.56. The van der Waals surface area contributed by atoms with Crippen LogP contribution in [0.5, 0.6) is 0 Å². The number of hydrogen-bond acceptors (Lipinski definition) is 7. The van der Waals surface area contributed by atoms with Crippen molar-refractivity contribution >= 4 is 33.0 Å². The Hall–Kier alpha value is -3.67. The van der Waals surface area contributed by atoms with Crippen molar-refractivity contribution in [3.05, 3.63) is 100 Å². The summed E-state index contributed by atoms with van der Waals surface area (Å²) in [4.78, 5) is 13.0. The molecule has 1 aromatic heterocycles. The van der Waals surface area contributed by atoms with Crippen LogP contribution in [-0.4, -0.2) is 37.8 Å². The molecule has 11 heteroatoms. The quantitative estimate of drug-likeness (QED) is 0.314. The normalized spacial score (nSPS) is 12.6. The van der Waals surface area contributed by atoms with Gasteiger partial charge in [-0.25, -0.2) is 12.8 Å². The number of sulfonamides is 1. The molecule has 8 nitrogen and oxygen atoms in total. The first-order valence-electron chi connectivity index (χ1n) is 12.1. The Morgan fingerprint density at radius 2 is 1.67 bits per heavy atom. The van der Waals surface area contributed by atoms with E-state index in [4.69, 9.17) is 5.73 Å². The van der Waals surface area contributed by atoms with Gasteiger partial charge in [-0.3, -0.25) is 9.10 Å². The molecule has 1 heterocycles. The van der Waals surface area contributed by atoms with E-state index in [0.29, 0.717) is 21.3 Å². The number of anilines is 1. The van der Waals surface area contributed by atoms with Crippen molar-refractivity contribution in [2.75, 3.05) is 17.6 Å². The van der Waals surface area contributed by atoms with Gasteiger partial charge in [0.2, 0.25) is 10.0 Å². The zero-order chi connectivity index (χ0) is 28.7. The molecule has 0 aliphatic rings. The topological polar surface area (TPSA) is 118 Å². The molecule has 2 unspecified atom stereocenters. The molecule has 4 aromatic rings. The number of hydrogen-bond donors (Lipinski definition) is 2. The molecule has 0 aliphatic carbocycles. The average Bonchev–Trinajstić information content (AvgIpc) is 3.40. The van der Waals surface area contributed by atoms with Gasteiger partial charge in [0, 0.05) is 18.2 Å². The predicted molar refractivity (Wildman–Crippen MR) is 155 cm³/mol. The van der Waals surface area contributed by atoms with E-state index in [9.17, 15) is 17.6 Å². The minimum Gasteiger partial charge on any atom is -0.346 e. The third-order valence-corrected chi connectivity index (χ3v) is 8.16. The van der Waals surface area contributed by atoms with Crippen LogP contribution in [0.15, 0.2) is 72.8 Å².